The first-order valence-electron chi connectivity index (χ1n) is 7.91. The van der Waals surface area contributed by atoms with Crippen molar-refractivity contribution in [1.29, 1.82) is 0 Å². The molecule has 0 bridgehead atoms. The van der Waals surface area contributed by atoms with E-state index in [0.717, 1.165) is 0 Å². The molecular weight excluding hydrogens is 312 g/mol. The summed E-state index contributed by atoms with van der Waals surface area (Å²) in [6, 6.07) is 7.99. The lowest BCUT2D eigenvalue weighted by molar-refractivity contribution is -0.148. The first-order chi connectivity index (χ1) is 11.5. The van der Waals surface area contributed by atoms with E-state index in [1.807, 2.05) is 6.07 Å². The minimum absolute atomic E-state index is 0.188. The van der Waals surface area contributed by atoms with Crippen molar-refractivity contribution >= 4 is 17.8 Å². The molecule has 2 unspecified atom stereocenters. The van der Waals surface area contributed by atoms with Gasteiger partial charge in [0.1, 0.15) is 6.04 Å². The molecule has 130 valence electrons. The highest BCUT2D eigenvalue weighted by molar-refractivity contribution is 5.94. The van der Waals surface area contributed by atoms with Gasteiger partial charge in [0.25, 0.3) is 5.91 Å². The largest absolute Gasteiger partial charge is 0.480 e. The molecule has 2 rings (SSSR count). The summed E-state index contributed by atoms with van der Waals surface area (Å²) in [5.74, 6) is -1.43. The Kier molecular flexibility index (Phi) is 6.31. The SMILES string of the molecule is COC1CC(C(=O)O)N(C(=O)CCCNC(=O)c2ccccc2)C1. The van der Waals surface area contributed by atoms with Crippen LogP contribution in [0.25, 0.3) is 0 Å². The van der Waals surface area contributed by atoms with Crippen LogP contribution >= 0.6 is 0 Å². The summed E-state index contributed by atoms with van der Waals surface area (Å²) in [7, 11) is 1.51. The average Bonchev–Trinajstić information content (AvgIpc) is 3.04. The number of carbonyl (C=O) groups excluding carboxylic acids is 2. The van der Waals surface area contributed by atoms with E-state index in [0.29, 0.717) is 31.5 Å². The van der Waals surface area contributed by atoms with Crippen LogP contribution in [0.15, 0.2) is 30.3 Å². The van der Waals surface area contributed by atoms with Gasteiger partial charge in [-0.15, -0.1) is 0 Å². The Hall–Kier alpha value is -2.41. The zero-order valence-corrected chi connectivity index (χ0v) is 13.6. The minimum Gasteiger partial charge on any atom is -0.480 e. The number of carboxylic acid groups (broad SMARTS) is 1. The number of carbonyl (C=O) groups is 3. The highest BCUT2D eigenvalue weighted by Crippen LogP contribution is 2.21. The van der Waals surface area contributed by atoms with Crippen LogP contribution in [0.4, 0.5) is 0 Å². The molecule has 0 aromatic heterocycles. The van der Waals surface area contributed by atoms with E-state index in [1.54, 1.807) is 24.3 Å². The lowest BCUT2D eigenvalue weighted by Gasteiger charge is -2.21. The molecule has 0 saturated carbocycles. The fourth-order valence-electron chi connectivity index (χ4n) is 2.75. The maximum atomic E-state index is 12.2. The average molecular weight is 334 g/mol. The third-order valence-electron chi connectivity index (χ3n) is 4.09. The maximum absolute atomic E-state index is 12.2. The quantitative estimate of drug-likeness (QED) is 0.722. The number of benzene rings is 1. The van der Waals surface area contributed by atoms with Gasteiger partial charge >= 0.3 is 5.97 Å². The van der Waals surface area contributed by atoms with Gasteiger partial charge in [0, 0.05) is 38.6 Å². The van der Waals surface area contributed by atoms with E-state index < -0.39 is 12.0 Å². The topological polar surface area (TPSA) is 95.9 Å². The number of amides is 2. The molecule has 1 heterocycles. The number of nitrogens with one attached hydrogen (secondary N) is 1. The zero-order chi connectivity index (χ0) is 17.5. The van der Waals surface area contributed by atoms with Gasteiger partial charge in [-0.05, 0) is 18.6 Å². The Balaban J connectivity index is 1.76. The molecule has 1 saturated heterocycles. The van der Waals surface area contributed by atoms with E-state index in [4.69, 9.17) is 4.74 Å². The number of likely N-dealkylation sites (tertiary alicyclic amines) is 1. The Morgan fingerprint density at radius 3 is 2.62 bits per heavy atom. The molecule has 24 heavy (non-hydrogen) atoms. The normalized spacial score (nSPS) is 20.0. The molecule has 2 amide bonds. The van der Waals surface area contributed by atoms with Crippen molar-refractivity contribution in [1.82, 2.24) is 10.2 Å². The summed E-state index contributed by atoms with van der Waals surface area (Å²) in [5, 5.41) is 12.0. The number of nitrogens with zero attached hydrogens (tertiary/aromatic N) is 1. The summed E-state index contributed by atoms with van der Waals surface area (Å²) < 4.78 is 5.16. The third kappa shape index (κ3) is 4.55. The number of hydrogen-bond acceptors (Lipinski definition) is 4. The molecule has 7 heteroatoms. The number of aliphatic carboxylic acids is 1. The van der Waals surface area contributed by atoms with Crippen LogP contribution in [0.3, 0.4) is 0 Å². The molecule has 7 nitrogen and oxygen atoms in total. The predicted molar refractivity (Wildman–Crippen MR) is 86.6 cm³/mol. The van der Waals surface area contributed by atoms with Gasteiger partial charge in [0.05, 0.1) is 6.10 Å². The Bertz CT molecular complexity index is 590. The van der Waals surface area contributed by atoms with Crippen LogP contribution in [-0.2, 0) is 14.3 Å². The van der Waals surface area contributed by atoms with Gasteiger partial charge in [-0.1, -0.05) is 18.2 Å². The molecular formula is C17H22N2O5. The highest BCUT2D eigenvalue weighted by Gasteiger charge is 2.39. The predicted octanol–water partition coefficient (Wildman–Crippen LogP) is 0.897. The van der Waals surface area contributed by atoms with Crippen LogP contribution in [0.5, 0.6) is 0 Å². The van der Waals surface area contributed by atoms with Crippen LogP contribution < -0.4 is 5.32 Å². The zero-order valence-electron chi connectivity index (χ0n) is 13.6. The molecule has 0 aliphatic carbocycles. The molecule has 2 N–H and O–H groups in total. The third-order valence-corrected chi connectivity index (χ3v) is 4.09. The molecule has 0 radical (unpaired) electrons. The lowest BCUT2D eigenvalue weighted by atomic mass is 10.2. The summed E-state index contributed by atoms with van der Waals surface area (Å²) in [6.07, 6.45) is 0.711. The van der Waals surface area contributed by atoms with Crippen molar-refractivity contribution in [3.63, 3.8) is 0 Å². The number of rotatable bonds is 7. The minimum atomic E-state index is -1.01. The second kappa shape index (κ2) is 8.44. The Morgan fingerprint density at radius 2 is 2.00 bits per heavy atom. The van der Waals surface area contributed by atoms with Crippen molar-refractivity contribution < 1.29 is 24.2 Å². The maximum Gasteiger partial charge on any atom is 0.326 e. The van der Waals surface area contributed by atoms with Gasteiger partial charge in [-0.25, -0.2) is 4.79 Å². The first-order valence-corrected chi connectivity index (χ1v) is 7.91. The second-order valence-corrected chi connectivity index (χ2v) is 5.72. The van der Waals surface area contributed by atoms with Crippen LogP contribution in [0.1, 0.15) is 29.6 Å². The molecule has 1 fully saturated rings. The van der Waals surface area contributed by atoms with Gasteiger partial charge in [0.15, 0.2) is 0 Å². The molecule has 1 aliphatic heterocycles. The van der Waals surface area contributed by atoms with Gasteiger partial charge < -0.3 is 20.1 Å². The molecule has 2 atom stereocenters. The molecule has 1 aromatic carbocycles. The number of methoxy groups -OCH3 is 1. The van der Waals surface area contributed by atoms with E-state index in [2.05, 4.69) is 5.32 Å². The van der Waals surface area contributed by atoms with Crippen molar-refractivity contribution in [2.45, 2.75) is 31.4 Å². The fourth-order valence-corrected chi connectivity index (χ4v) is 2.75. The van der Waals surface area contributed by atoms with E-state index in [1.165, 1.54) is 12.0 Å². The second-order valence-electron chi connectivity index (χ2n) is 5.72. The van der Waals surface area contributed by atoms with E-state index in [9.17, 15) is 19.5 Å². The summed E-state index contributed by atoms with van der Waals surface area (Å²) >= 11 is 0. The first kappa shape index (κ1) is 17.9. The number of carboxylic acids is 1. The number of hydrogen-bond donors (Lipinski definition) is 2. The van der Waals surface area contributed by atoms with Crippen molar-refractivity contribution in [3.8, 4) is 0 Å². The van der Waals surface area contributed by atoms with Gasteiger partial charge in [-0.3, -0.25) is 9.59 Å². The molecule has 1 aliphatic rings. The van der Waals surface area contributed by atoms with Crippen LogP contribution in [0, 0.1) is 0 Å². The smallest absolute Gasteiger partial charge is 0.326 e. The van der Waals surface area contributed by atoms with Crippen LogP contribution in [0.2, 0.25) is 0 Å². The summed E-state index contributed by atoms with van der Waals surface area (Å²) in [6.45, 7) is 0.654. The highest BCUT2D eigenvalue weighted by atomic mass is 16.5. The van der Waals surface area contributed by atoms with Crippen molar-refractivity contribution in [3.05, 3.63) is 35.9 Å². The standard InChI is InChI=1S/C17H22N2O5/c1-24-13-10-14(17(22)23)19(11-13)15(20)8-5-9-18-16(21)12-6-3-2-4-7-12/h2-4,6-7,13-14H,5,8-11H2,1H3,(H,18,21)(H,22,23). The number of ether oxygens (including phenoxy) is 1. The monoisotopic (exact) mass is 334 g/mol. The van der Waals surface area contributed by atoms with Crippen molar-refractivity contribution in [2.24, 2.45) is 0 Å². The molecule has 1 aromatic rings. The lowest BCUT2D eigenvalue weighted by Crippen LogP contribution is -2.40. The van der Waals surface area contributed by atoms with Gasteiger partial charge in [0.2, 0.25) is 5.91 Å². The van der Waals surface area contributed by atoms with Crippen molar-refractivity contribution in [2.75, 3.05) is 20.2 Å². The van der Waals surface area contributed by atoms with Crippen LogP contribution in [-0.4, -0.2) is 60.1 Å². The van der Waals surface area contributed by atoms with E-state index >= 15 is 0 Å². The summed E-state index contributed by atoms with van der Waals surface area (Å²) in [4.78, 5) is 36.7. The van der Waals surface area contributed by atoms with E-state index in [-0.39, 0.29) is 24.3 Å². The molecule has 0 spiro atoms. The Labute approximate surface area is 140 Å². The Morgan fingerprint density at radius 1 is 1.29 bits per heavy atom. The summed E-state index contributed by atoms with van der Waals surface area (Å²) in [5.41, 5.74) is 0.567. The fraction of sp³-hybridized carbons (Fsp3) is 0.471. The van der Waals surface area contributed by atoms with Gasteiger partial charge in [-0.2, -0.15) is 0 Å².